The highest BCUT2D eigenvalue weighted by molar-refractivity contribution is 14.1. The second kappa shape index (κ2) is 3.73. The van der Waals surface area contributed by atoms with Gasteiger partial charge in [0.05, 0.1) is 0 Å². The lowest BCUT2D eigenvalue weighted by Gasteiger charge is -2.04. The molecule has 0 atom stereocenters. The molecule has 1 aromatic heterocycles. The summed E-state index contributed by atoms with van der Waals surface area (Å²) in [6, 6.07) is 3.44. The minimum atomic E-state index is -2.38. The Kier molecular flexibility index (Phi) is 2.74. The molecule has 0 fully saturated rings. The lowest BCUT2D eigenvalue weighted by Crippen LogP contribution is -1.88. The third-order valence-corrected chi connectivity index (χ3v) is 4.41. The maximum Gasteiger partial charge on any atom is 0.264 e. The van der Waals surface area contributed by atoms with E-state index < -0.39 is 6.43 Å². The van der Waals surface area contributed by atoms with Crippen molar-refractivity contribution in [2.45, 2.75) is 13.3 Å². The molecule has 0 spiro atoms. The van der Waals surface area contributed by atoms with Crippen LogP contribution >= 0.6 is 33.9 Å². The monoisotopic (exact) mass is 324 g/mol. The lowest BCUT2D eigenvalue weighted by molar-refractivity contribution is 0.151. The van der Waals surface area contributed by atoms with Gasteiger partial charge in [-0.2, -0.15) is 0 Å². The topological polar surface area (TPSA) is 0 Å². The Bertz CT molecular complexity index is 476. The average molecular weight is 324 g/mol. The van der Waals surface area contributed by atoms with Crippen molar-refractivity contribution >= 4 is 44.0 Å². The number of alkyl halides is 2. The molecule has 0 aliphatic carbocycles. The quantitative estimate of drug-likeness (QED) is 0.664. The maximum absolute atomic E-state index is 12.6. The number of hydrogen-bond acceptors (Lipinski definition) is 1. The van der Waals surface area contributed by atoms with Crippen molar-refractivity contribution in [3.63, 3.8) is 0 Å². The van der Waals surface area contributed by atoms with Gasteiger partial charge in [0, 0.05) is 24.6 Å². The summed E-state index contributed by atoms with van der Waals surface area (Å²) in [4.78, 5) is 0. The second-order valence-corrected chi connectivity index (χ2v) is 5.16. The SMILES string of the molecule is Cc1cc2scc(I)c2cc1C(F)F. The molecular weight excluding hydrogens is 317 g/mol. The number of benzene rings is 1. The van der Waals surface area contributed by atoms with Crippen LogP contribution in [-0.4, -0.2) is 0 Å². The standard InChI is InChI=1S/C10H7F2IS/c1-5-2-9-7(8(13)4-14-9)3-6(5)10(11)12/h2-4,10H,1H3. The molecule has 2 rings (SSSR count). The van der Waals surface area contributed by atoms with Crippen molar-refractivity contribution in [2.24, 2.45) is 0 Å². The van der Waals surface area contributed by atoms with Crippen LogP contribution in [0.1, 0.15) is 17.6 Å². The Balaban J connectivity index is 2.74. The molecule has 4 heteroatoms. The van der Waals surface area contributed by atoms with Gasteiger partial charge in [0.2, 0.25) is 0 Å². The van der Waals surface area contributed by atoms with Crippen LogP contribution < -0.4 is 0 Å². The van der Waals surface area contributed by atoms with Gasteiger partial charge in [-0.3, -0.25) is 0 Å². The highest BCUT2D eigenvalue weighted by Gasteiger charge is 2.13. The van der Waals surface area contributed by atoms with E-state index in [1.807, 2.05) is 11.4 Å². The van der Waals surface area contributed by atoms with Crippen molar-refractivity contribution in [1.29, 1.82) is 0 Å². The lowest BCUT2D eigenvalue weighted by atomic mass is 10.1. The molecule has 74 valence electrons. The van der Waals surface area contributed by atoms with E-state index in [0.717, 1.165) is 13.7 Å². The highest BCUT2D eigenvalue weighted by Crippen LogP contribution is 2.33. The fraction of sp³-hybridized carbons (Fsp3) is 0.200. The first-order chi connectivity index (χ1) is 6.59. The van der Waals surface area contributed by atoms with Gasteiger partial charge in [-0.25, -0.2) is 8.78 Å². The summed E-state index contributed by atoms with van der Waals surface area (Å²) in [5.41, 5.74) is 0.819. The van der Waals surface area contributed by atoms with E-state index in [4.69, 9.17) is 0 Å². The maximum atomic E-state index is 12.6. The molecule has 2 aromatic rings. The minimum Gasteiger partial charge on any atom is -0.205 e. The van der Waals surface area contributed by atoms with E-state index in [1.54, 1.807) is 24.3 Å². The van der Waals surface area contributed by atoms with E-state index in [9.17, 15) is 8.78 Å². The highest BCUT2D eigenvalue weighted by atomic mass is 127. The number of halogens is 3. The Morgan fingerprint density at radius 2 is 2.07 bits per heavy atom. The van der Waals surface area contributed by atoms with E-state index >= 15 is 0 Å². The zero-order valence-corrected chi connectivity index (χ0v) is 10.3. The molecule has 0 amide bonds. The average Bonchev–Trinajstić information content (AvgIpc) is 2.46. The molecule has 0 unspecified atom stereocenters. The summed E-state index contributed by atoms with van der Waals surface area (Å²) >= 11 is 3.77. The van der Waals surface area contributed by atoms with Crippen LogP contribution in [-0.2, 0) is 0 Å². The van der Waals surface area contributed by atoms with E-state index in [-0.39, 0.29) is 5.56 Å². The van der Waals surface area contributed by atoms with Gasteiger partial charge in [-0.1, -0.05) is 0 Å². The Morgan fingerprint density at radius 1 is 1.36 bits per heavy atom. The number of aryl methyl sites for hydroxylation is 1. The Morgan fingerprint density at radius 3 is 2.71 bits per heavy atom. The van der Waals surface area contributed by atoms with Gasteiger partial charge in [0.25, 0.3) is 6.43 Å². The summed E-state index contributed by atoms with van der Waals surface area (Å²) in [7, 11) is 0. The first-order valence-electron chi connectivity index (χ1n) is 4.05. The van der Waals surface area contributed by atoms with Gasteiger partial charge >= 0.3 is 0 Å². The van der Waals surface area contributed by atoms with E-state index in [0.29, 0.717) is 5.56 Å². The van der Waals surface area contributed by atoms with Crippen molar-refractivity contribution < 1.29 is 8.78 Å². The fourth-order valence-electron chi connectivity index (χ4n) is 1.40. The van der Waals surface area contributed by atoms with Crippen LogP contribution in [0.5, 0.6) is 0 Å². The summed E-state index contributed by atoms with van der Waals surface area (Å²) in [5.74, 6) is 0. The summed E-state index contributed by atoms with van der Waals surface area (Å²) in [5, 5.41) is 2.93. The van der Waals surface area contributed by atoms with Crippen molar-refractivity contribution in [1.82, 2.24) is 0 Å². The van der Waals surface area contributed by atoms with Crippen LogP contribution in [0.3, 0.4) is 0 Å². The van der Waals surface area contributed by atoms with E-state index in [2.05, 4.69) is 22.6 Å². The molecule has 0 nitrogen and oxygen atoms in total. The van der Waals surface area contributed by atoms with E-state index in [1.165, 1.54) is 0 Å². The summed E-state index contributed by atoms with van der Waals surface area (Å²) in [6.45, 7) is 1.73. The van der Waals surface area contributed by atoms with Gasteiger partial charge < -0.3 is 0 Å². The number of fused-ring (bicyclic) bond motifs is 1. The molecule has 0 saturated carbocycles. The Labute approximate surface area is 98.1 Å². The molecule has 0 bridgehead atoms. The summed E-state index contributed by atoms with van der Waals surface area (Å²) in [6.07, 6.45) is -2.38. The van der Waals surface area contributed by atoms with Crippen molar-refractivity contribution in [3.8, 4) is 0 Å². The number of thiophene rings is 1. The Hall–Kier alpha value is -0.230. The first-order valence-corrected chi connectivity index (χ1v) is 6.01. The third kappa shape index (κ3) is 1.65. The van der Waals surface area contributed by atoms with Gasteiger partial charge in [-0.15, -0.1) is 11.3 Å². The largest absolute Gasteiger partial charge is 0.264 e. The molecule has 0 aliphatic rings. The molecule has 1 heterocycles. The van der Waals surface area contributed by atoms with Gasteiger partial charge in [0.15, 0.2) is 0 Å². The third-order valence-electron chi connectivity index (χ3n) is 2.15. The zero-order chi connectivity index (χ0) is 10.3. The van der Waals surface area contributed by atoms with Crippen LogP contribution in [0.25, 0.3) is 10.1 Å². The zero-order valence-electron chi connectivity index (χ0n) is 7.35. The van der Waals surface area contributed by atoms with Crippen LogP contribution in [0, 0.1) is 10.5 Å². The molecule has 0 saturated heterocycles. The number of hydrogen-bond donors (Lipinski definition) is 0. The molecule has 0 aliphatic heterocycles. The predicted molar refractivity (Wildman–Crippen MR) is 64.2 cm³/mol. The molecule has 0 N–H and O–H groups in total. The predicted octanol–water partition coefficient (Wildman–Crippen LogP) is 4.75. The van der Waals surface area contributed by atoms with Gasteiger partial charge in [-0.05, 0) is 47.2 Å². The minimum absolute atomic E-state index is 0.147. The second-order valence-electron chi connectivity index (χ2n) is 3.09. The van der Waals surface area contributed by atoms with Crippen LogP contribution in [0.4, 0.5) is 8.78 Å². The number of rotatable bonds is 1. The van der Waals surface area contributed by atoms with Crippen LogP contribution in [0.15, 0.2) is 17.5 Å². The molecule has 1 aromatic carbocycles. The van der Waals surface area contributed by atoms with Crippen LogP contribution in [0.2, 0.25) is 0 Å². The van der Waals surface area contributed by atoms with Crippen molar-refractivity contribution in [2.75, 3.05) is 0 Å². The molecule has 0 radical (unpaired) electrons. The normalized spacial score (nSPS) is 11.5. The molecular formula is C10H7F2IS. The fourth-order valence-corrected chi connectivity index (χ4v) is 3.30. The van der Waals surface area contributed by atoms with Gasteiger partial charge in [0.1, 0.15) is 0 Å². The van der Waals surface area contributed by atoms with Crippen molar-refractivity contribution in [3.05, 3.63) is 32.2 Å². The smallest absolute Gasteiger partial charge is 0.205 e. The molecule has 14 heavy (non-hydrogen) atoms. The summed E-state index contributed by atoms with van der Waals surface area (Å²) < 4.78 is 27.3. The first kappa shape index (κ1) is 10.3.